The largest absolute Gasteiger partial charge is 0.398 e. The lowest BCUT2D eigenvalue weighted by molar-refractivity contribution is -0.116. The second-order valence-corrected chi connectivity index (χ2v) is 6.06. The van der Waals surface area contributed by atoms with Crippen LogP contribution in [-0.2, 0) is 16.6 Å². The molecule has 1 unspecified atom stereocenters. The molecule has 2 aromatic rings. The summed E-state index contributed by atoms with van der Waals surface area (Å²) in [6.45, 7) is 1.47. The third-order valence-corrected chi connectivity index (χ3v) is 4.51. The zero-order valence-electron chi connectivity index (χ0n) is 10.6. The number of hydrogen-bond acceptors (Lipinski definition) is 3. The molecule has 1 atom stereocenters. The topological polar surface area (TPSA) is 43.1 Å². The molecule has 20 heavy (non-hydrogen) atoms. The monoisotopic (exact) mass is 315 g/mol. The van der Waals surface area contributed by atoms with E-state index in [9.17, 15) is 13.6 Å². The Balaban J connectivity index is 2.59. The number of anilines is 1. The summed E-state index contributed by atoms with van der Waals surface area (Å²) in [5, 5.41) is 1.06. The highest BCUT2D eigenvalue weighted by Crippen LogP contribution is 2.37. The maximum absolute atomic E-state index is 14.1. The van der Waals surface area contributed by atoms with Crippen LogP contribution in [0.3, 0.4) is 0 Å². The van der Waals surface area contributed by atoms with Crippen molar-refractivity contribution in [3.63, 3.8) is 0 Å². The molecule has 0 saturated carbocycles. The maximum Gasteiger partial charge on any atom is 0.232 e. The quantitative estimate of drug-likeness (QED) is 0.687. The summed E-state index contributed by atoms with van der Waals surface area (Å²) >= 11 is 7.06. The van der Waals surface area contributed by atoms with Gasteiger partial charge in [-0.2, -0.15) is 0 Å². The van der Waals surface area contributed by atoms with Gasteiger partial charge in [0.2, 0.25) is 5.24 Å². The first-order valence-corrected chi connectivity index (χ1v) is 7.08. The van der Waals surface area contributed by atoms with E-state index >= 15 is 0 Å². The second-order valence-electron chi connectivity index (χ2n) is 4.69. The standard InChI is InChI=1S/C14H12ClF2NOS/c1-14(13(15)19,7-8-3-2-6-20-8)11-10(18)5-4-9(16)12(11)17/h2-6H,7,18H2,1H3. The first-order valence-electron chi connectivity index (χ1n) is 5.82. The summed E-state index contributed by atoms with van der Waals surface area (Å²) in [5.41, 5.74) is 4.14. The Kier molecular flexibility index (Phi) is 4.11. The Hall–Kier alpha value is -1.46. The lowest BCUT2D eigenvalue weighted by Gasteiger charge is -2.27. The van der Waals surface area contributed by atoms with Crippen LogP contribution in [0.25, 0.3) is 0 Å². The molecule has 1 aromatic heterocycles. The van der Waals surface area contributed by atoms with Gasteiger partial charge in [0.1, 0.15) is 0 Å². The van der Waals surface area contributed by atoms with Gasteiger partial charge in [0.25, 0.3) is 0 Å². The molecule has 0 aliphatic carbocycles. The Labute approximate surface area is 124 Å². The van der Waals surface area contributed by atoms with Crippen LogP contribution >= 0.6 is 22.9 Å². The molecule has 0 bridgehead atoms. The van der Waals surface area contributed by atoms with Crippen LogP contribution in [0.5, 0.6) is 0 Å². The van der Waals surface area contributed by atoms with E-state index in [0.717, 1.165) is 10.9 Å². The average Bonchev–Trinajstić information content (AvgIpc) is 2.87. The van der Waals surface area contributed by atoms with Gasteiger partial charge < -0.3 is 5.73 Å². The van der Waals surface area contributed by atoms with E-state index in [1.807, 2.05) is 11.4 Å². The molecule has 106 valence electrons. The van der Waals surface area contributed by atoms with E-state index in [-0.39, 0.29) is 17.7 Å². The van der Waals surface area contributed by atoms with Crippen molar-refractivity contribution in [1.82, 2.24) is 0 Å². The number of carbonyl (C=O) groups is 1. The number of hydrogen-bond donors (Lipinski definition) is 1. The van der Waals surface area contributed by atoms with Crippen molar-refractivity contribution in [2.45, 2.75) is 18.8 Å². The fraction of sp³-hybridized carbons (Fsp3) is 0.214. The summed E-state index contributed by atoms with van der Waals surface area (Å²) < 4.78 is 27.5. The highest BCUT2D eigenvalue weighted by molar-refractivity contribution is 7.09. The molecule has 0 saturated heterocycles. The van der Waals surface area contributed by atoms with Gasteiger partial charge in [-0.05, 0) is 48.5 Å². The first-order chi connectivity index (χ1) is 9.36. The van der Waals surface area contributed by atoms with Crippen LogP contribution in [0, 0.1) is 11.6 Å². The van der Waals surface area contributed by atoms with Crippen molar-refractivity contribution in [3.05, 3.63) is 51.7 Å². The van der Waals surface area contributed by atoms with E-state index in [1.165, 1.54) is 24.3 Å². The van der Waals surface area contributed by atoms with Crippen molar-refractivity contribution in [1.29, 1.82) is 0 Å². The van der Waals surface area contributed by atoms with Gasteiger partial charge in [0, 0.05) is 16.1 Å². The summed E-state index contributed by atoms with van der Waals surface area (Å²) in [5.74, 6) is -2.18. The SMILES string of the molecule is CC(Cc1cccs1)(C(=O)Cl)c1c(N)ccc(F)c1F. The van der Waals surface area contributed by atoms with Crippen LogP contribution < -0.4 is 5.73 Å². The van der Waals surface area contributed by atoms with Gasteiger partial charge in [-0.1, -0.05) is 6.07 Å². The predicted octanol–water partition coefficient (Wildman–Crippen LogP) is 3.87. The van der Waals surface area contributed by atoms with E-state index in [1.54, 1.807) is 6.07 Å². The van der Waals surface area contributed by atoms with Crippen molar-refractivity contribution in [3.8, 4) is 0 Å². The zero-order chi connectivity index (χ0) is 14.9. The minimum Gasteiger partial charge on any atom is -0.398 e. The maximum atomic E-state index is 14.1. The molecule has 0 amide bonds. The van der Waals surface area contributed by atoms with Crippen LogP contribution in [0.1, 0.15) is 17.4 Å². The van der Waals surface area contributed by atoms with Crippen molar-refractivity contribution >= 4 is 33.9 Å². The number of nitrogen functional groups attached to an aromatic ring is 1. The van der Waals surface area contributed by atoms with Gasteiger partial charge in [0.15, 0.2) is 11.6 Å². The normalized spacial score (nSPS) is 14.0. The van der Waals surface area contributed by atoms with Gasteiger partial charge in [-0.25, -0.2) is 8.78 Å². The molecule has 2 rings (SSSR count). The third-order valence-electron chi connectivity index (χ3n) is 3.22. The molecule has 0 aliphatic heterocycles. The lowest BCUT2D eigenvalue weighted by Crippen LogP contribution is -2.34. The van der Waals surface area contributed by atoms with Crippen LogP contribution in [-0.4, -0.2) is 5.24 Å². The van der Waals surface area contributed by atoms with Crippen molar-refractivity contribution in [2.75, 3.05) is 5.73 Å². The number of benzene rings is 1. The molecule has 1 heterocycles. The van der Waals surface area contributed by atoms with E-state index in [2.05, 4.69) is 0 Å². The predicted molar refractivity (Wildman–Crippen MR) is 77.0 cm³/mol. The number of thiophene rings is 1. The fourth-order valence-corrected chi connectivity index (χ4v) is 3.17. The second kappa shape index (κ2) is 5.50. The minimum atomic E-state index is -1.41. The lowest BCUT2D eigenvalue weighted by atomic mass is 9.79. The van der Waals surface area contributed by atoms with E-state index < -0.39 is 22.3 Å². The summed E-state index contributed by atoms with van der Waals surface area (Å²) in [6.07, 6.45) is 0.164. The number of rotatable bonds is 4. The molecule has 1 aromatic carbocycles. The molecule has 0 fully saturated rings. The Bertz CT molecular complexity index is 645. The summed E-state index contributed by atoms with van der Waals surface area (Å²) in [6, 6.07) is 5.78. The Morgan fingerprint density at radius 3 is 2.65 bits per heavy atom. The smallest absolute Gasteiger partial charge is 0.232 e. The zero-order valence-corrected chi connectivity index (χ0v) is 12.2. The average molecular weight is 316 g/mol. The summed E-state index contributed by atoms with van der Waals surface area (Å²) in [7, 11) is 0. The van der Waals surface area contributed by atoms with Gasteiger partial charge in [-0.15, -0.1) is 11.3 Å². The number of carbonyl (C=O) groups excluding carboxylic acids is 1. The highest BCUT2D eigenvalue weighted by atomic mass is 35.5. The van der Waals surface area contributed by atoms with Crippen LogP contribution in [0.15, 0.2) is 29.6 Å². The third kappa shape index (κ3) is 2.55. The van der Waals surface area contributed by atoms with Crippen molar-refractivity contribution < 1.29 is 13.6 Å². The van der Waals surface area contributed by atoms with Gasteiger partial charge >= 0.3 is 0 Å². The Morgan fingerprint density at radius 2 is 2.10 bits per heavy atom. The molecule has 2 N–H and O–H groups in total. The van der Waals surface area contributed by atoms with Crippen LogP contribution in [0.4, 0.5) is 14.5 Å². The summed E-state index contributed by atoms with van der Waals surface area (Å²) in [4.78, 5) is 12.7. The molecule has 6 heteroatoms. The molecular weight excluding hydrogens is 304 g/mol. The minimum absolute atomic E-state index is 0.0111. The molecule has 0 spiro atoms. The highest BCUT2D eigenvalue weighted by Gasteiger charge is 2.39. The van der Waals surface area contributed by atoms with Crippen molar-refractivity contribution in [2.24, 2.45) is 0 Å². The molecule has 2 nitrogen and oxygen atoms in total. The van der Waals surface area contributed by atoms with Gasteiger partial charge in [0.05, 0.1) is 5.41 Å². The van der Waals surface area contributed by atoms with E-state index in [4.69, 9.17) is 17.3 Å². The van der Waals surface area contributed by atoms with Crippen LogP contribution in [0.2, 0.25) is 0 Å². The fourth-order valence-electron chi connectivity index (χ4n) is 2.14. The number of halogens is 3. The Morgan fingerprint density at radius 1 is 1.40 bits per heavy atom. The van der Waals surface area contributed by atoms with Gasteiger partial charge in [-0.3, -0.25) is 4.79 Å². The molecule has 0 radical (unpaired) electrons. The molecule has 0 aliphatic rings. The first kappa shape index (κ1) is 14.9. The number of nitrogens with two attached hydrogens (primary N) is 1. The van der Waals surface area contributed by atoms with E-state index in [0.29, 0.717) is 0 Å². The molecular formula is C14H12ClF2NOS.